The van der Waals surface area contributed by atoms with Crippen LogP contribution in [0.2, 0.25) is 0 Å². The van der Waals surface area contributed by atoms with Gasteiger partial charge in [0.05, 0.1) is 26.2 Å². The van der Waals surface area contributed by atoms with E-state index >= 15 is 0 Å². The number of rotatable bonds is 3. The first-order chi connectivity index (χ1) is 8.90. The van der Waals surface area contributed by atoms with Crippen molar-refractivity contribution in [3.63, 3.8) is 0 Å². The first-order valence-electron chi connectivity index (χ1n) is 5.59. The second kappa shape index (κ2) is 6.40. The van der Waals surface area contributed by atoms with Crippen molar-refractivity contribution < 1.29 is 13.7 Å². The van der Waals surface area contributed by atoms with Gasteiger partial charge in [-0.15, -0.1) is 0 Å². The maximum absolute atomic E-state index is 12.2. The molecule has 0 aliphatic carbocycles. The lowest BCUT2D eigenvalue weighted by atomic mass is 10.3. The van der Waals surface area contributed by atoms with Crippen LogP contribution in [-0.4, -0.2) is 38.9 Å². The molecule has 1 saturated heterocycles. The van der Waals surface area contributed by atoms with E-state index in [-0.39, 0.29) is 0 Å². The Labute approximate surface area is 137 Å². The van der Waals surface area contributed by atoms with E-state index in [9.17, 15) is 8.42 Å². The fourth-order valence-electron chi connectivity index (χ4n) is 1.75. The van der Waals surface area contributed by atoms with Crippen molar-refractivity contribution in [3.05, 3.63) is 30.3 Å². The zero-order valence-corrected chi connectivity index (χ0v) is 15.4. The summed E-state index contributed by atoms with van der Waals surface area (Å²) >= 11 is 10.0. The summed E-state index contributed by atoms with van der Waals surface area (Å²) < 4.78 is 31.9. The van der Waals surface area contributed by atoms with Gasteiger partial charge in [-0.1, -0.05) is 53.5 Å². The molecule has 5 nitrogen and oxygen atoms in total. The average Bonchev–Trinajstić information content (AvgIpc) is 2.35. The average molecular weight is 478 g/mol. The molecule has 106 valence electrons. The molecular weight excluding hydrogens is 466 g/mol. The number of piperazine rings is 1. The maximum atomic E-state index is 12.2. The van der Waals surface area contributed by atoms with Crippen molar-refractivity contribution >= 4 is 63.7 Å². The normalized spacial score (nSPS) is 17.4. The van der Waals surface area contributed by atoms with Crippen molar-refractivity contribution in [2.24, 2.45) is 0 Å². The Morgan fingerprint density at radius 2 is 1.63 bits per heavy atom. The highest BCUT2D eigenvalue weighted by Gasteiger charge is 2.19. The maximum Gasteiger partial charge on any atom is 0.160 e. The molecule has 1 fully saturated rings. The monoisotopic (exact) mass is 475 g/mol. The zero-order chi connectivity index (χ0) is 14.0. The summed E-state index contributed by atoms with van der Waals surface area (Å²) in [7, 11) is -3.63. The molecule has 1 aromatic rings. The summed E-state index contributed by atoms with van der Waals surface area (Å²) in [5.41, 5.74) is 0.387. The predicted molar refractivity (Wildman–Crippen MR) is 84.7 cm³/mol. The van der Waals surface area contributed by atoms with E-state index in [0.29, 0.717) is 27.7 Å². The van der Waals surface area contributed by atoms with Crippen LogP contribution in [0.15, 0.2) is 25.6 Å². The lowest BCUT2D eigenvalue weighted by Gasteiger charge is -2.33. The van der Waals surface area contributed by atoms with Gasteiger partial charge in [0.25, 0.3) is 0 Å². The number of nitrogens with two attached hydrogens (primary N) is 1. The Bertz CT molecular complexity index is 550. The van der Waals surface area contributed by atoms with Crippen molar-refractivity contribution in [2.45, 2.75) is 0 Å². The molecule has 9 heteroatoms. The molecule has 0 unspecified atom stereocenters. The van der Waals surface area contributed by atoms with Gasteiger partial charge in [-0.05, 0) is 12.1 Å². The van der Waals surface area contributed by atoms with Gasteiger partial charge in [-0.2, -0.15) is 0 Å². The van der Waals surface area contributed by atoms with Crippen LogP contribution in [0.1, 0.15) is 0 Å². The highest BCUT2D eigenvalue weighted by molar-refractivity contribution is 9.11. The zero-order valence-electron chi connectivity index (χ0n) is 9.81. The van der Waals surface area contributed by atoms with Crippen molar-refractivity contribution in [1.29, 1.82) is 0 Å². The number of nitrogens with zero attached hydrogens (tertiary/aromatic N) is 2. The molecule has 0 saturated carbocycles. The lowest BCUT2D eigenvalue weighted by Crippen LogP contribution is -2.89. The van der Waals surface area contributed by atoms with Crippen LogP contribution in [-0.2, 0) is 10.2 Å². The van der Waals surface area contributed by atoms with Crippen LogP contribution < -0.4 is 5.32 Å². The topological polar surface area (TPSA) is 68.1 Å². The van der Waals surface area contributed by atoms with Gasteiger partial charge in [0.2, 0.25) is 0 Å². The summed E-state index contributed by atoms with van der Waals surface area (Å²) in [6.07, 6.45) is 0. The predicted octanol–water partition coefficient (Wildman–Crippen LogP) is 2.10. The van der Waals surface area contributed by atoms with Crippen LogP contribution in [0.4, 0.5) is 5.69 Å². The molecule has 1 aliphatic heterocycles. The van der Waals surface area contributed by atoms with Crippen LogP contribution in [0, 0.1) is 0 Å². The van der Waals surface area contributed by atoms with E-state index < -0.39 is 10.2 Å². The van der Waals surface area contributed by atoms with Crippen LogP contribution in [0.3, 0.4) is 0 Å². The molecule has 1 aromatic carbocycles. The fraction of sp³-hybridized carbons (Fsp3) is 0.400. The van der Waals surface area contributed by atoms with Gasteiger partial charge in [-0.3, -0.25) is 0 Å². The van der Waals surface area contributed by atoms with E-state index in [4.69, 9.17) is 0 Å². The number of hydrogen-bond acceptors (Lipinski definition) is 2. The smallest absolute Gasteiger partial charge is 0.160 e. The Kier molecular flexibility index (Phi) is 5.29. The van der Waals surface area contributed by atoms with Crippen molar-refractivity contribution in [2.75, 3.05) is 26.2 Å². The third-order valence-electron chi connectivity index (χ3n) is 2.68. The largest absolute Gasteiger partial charge is 0.562 e. The molecule has 0 bridgehead atoms. The quantitative estimate of drug-likeness (QED) is 0.724. The van der Waals surface area contributed by atoms with E-state index in [1.807, 2.05) is 0 Å². The Balaban J connectivity index is 2.25. The number of benzene rings is 1. The van der Waals surface area contributed by atoms with Gasteiger partial charge in [-0.25, -0.2) is 12.7 Å². The lowest BCUT2D eigenvalue weighted by molar-refractivity contribution is -0.661. The molecule has 1 heterocycles. The minimum Gasteiger partial charge on any atom is -0.562 e. The Hall–Kier alpha value is 0.330. The van der Waals surface area contributed by atoms with Crippen molar-refractivity contribution in [1.82, 2.24) is 4.31 Å². The van der Waals surface area contributed by atoms with Crippen LogP contribution >= 0.6 is 47.8 Å². The third-order valence-corrected chi connectivity index (χ3v) is 5.78. The first-order valence-corrected chi connectivity index (χ1v) is 9.37. The summed E-state index contributed by atoms with van der Waals surface area (Å²) in [5.74, 6) is 0. The molecule has 0 atom stereocenters. The van der Waals surface area contributed by atoms with Gasteiger partial charge < -0.3 is 10.0 Å². The standard InChI is InChI=1S/C10H11Br3N3O2S/c11-7-5-8(12)10(9(13)6-7)15-19(17,18)16-3-1-14-2-4-16/h5-6,14H,1-4H2/q-1/p+1. The highest BCUT2D eigenvalue weighted by atomic mass is 79.9. The molecule has 0 spiro atoms. The third kappa shape index (κ3) is 3.92. The SMILES string of the molecule is O=S(=O)([N-]c1c(Br)cc(Br)cc1Br)N1CC[NH2+]CC1. The molecule has 0 amide bonds. The molecule has 19 heavy (non-hydrogen) atoms. The van der Waals surface area contributed by atoms with Gasteiger partial charge >= 0.3 is 0 Å². The second-order valence-corrected chi connectivity index (χ2v) is 8.27. The Morgan fingerprint density at radius 3 is 2.16 bits per heavy atom. The van der Waals surface area contributed by atoms with E-state index in [2.05, 4.69) is 57.8 Å². The number of hydrogen-bond donors (Lipinski definition) is 1. The van der Waals surface area contributed by atoms with Gasteiger partial charge in [0, 0.05) is 13.4 Å². The molecular formula is C10H12Br3N3O2S. The van der Waals surface area contributed by atoms with E-state index in [1.165, 1.54) is 4.31 Å². The molecule has 0 radical (unpaired) electrons. The first kappa shape index (κ1) is 15.7. The van der Waals surface area contributed by atoms with Crippen LogP contribution in [0.5, 0.6) is 0 Å². The molecule has 1 aliphatic rings. The fourth-order valence-corrected chi connectivity index (χ4v) is 5.64. The summed E-state index contributed by atoms with van der Waals surface area (Å²) in [6.45, 7) is 2.55. The van der Waals surface area contributed by atoms with Crippen LogP contribution in [0.25, 0.3) is 4.72 Å². The number of halogens is 3. The minimum absolute atomic E-state index is 0.387. The van der Waals surface area contributed by atoms with Gasteiger partial charge in [0.1, 0.15) is 0 Å². The number of quaternary nitrogens is 1. The van der Waals surface area contributed by atoms with Crippen molar-refractivity contribution in [3.8, 4) is 0 Å². The summed E-state index contributed by atoms with van der Waals surface area (Å²) in [4.78, 5) is 0. The van der Waals surface area contributed by atoms with Gasteiger partial charge in [0.15, 0.2) is 10.2 Å². The minimum atomic E-state index is -3.63. The molecule has 2 rings (SSSR count). The summed E-state index contributed by atoms with van der Waals surface area (Å²) in [6, 6.07) is 3.53. The van der Waals surface area contributed by atoms with E-state index in [0.717, 1.165) is 17.6 Å². The molecule has 0 aromatic heterocycles. The van der Waals surface area contributed by atoms with E-state index in [1.54, 1.807) is 12.1 Å². The molecule has 2 N–H and O–H groups in total. The second-order valence-electron chi connectivity index (χ2n) is 4.05. The summed E-state index contributed by atoms with van der Waals surface area (Å²) in [5, 5.41) is 2.09. The highest BCUT2D eigenvalue weighted by Crippen LogP contribution is 2.41. The Morgan fingerprint density at radius 1 is 1.11 bits per heavy atom.